The molecule has 0 atom stereocenters. The van der Waals surface area contributed by atoms with Gasteiger partial charge in [-0.15, -0.1) is 0 Å². The topological polar surface area (TPSA) is 55.8 Å². The van der Waals surface area contributed by atoms with Gasteiger partial charge in [0.1, 0.15) is 0 Å². The summed E-state index contributed by atoms with van der Waals surface area (Å²) in [6.07, 6.45) is 0.243. The highest BCUT2D eigenvalue weighted by atomic mass is 16.7. The first-order valence-corrected chi connectivity index (χ1v) is 5.12. The molecule has 0 aliphatic carbocycles. The lowest BCUT2D eigenvalue weighted by molar-refractivity contribution is -0.139. The van der Waals surface area contributed by atoms with E-state index in [1.165, 1.54) is 0 Å². The summed E-state index contributed by atoms with van der Waals surface area (Å²) in [5.41, 5.74) is -0.0775. The van der Waals surface area contributed by atoms with Crippen molar-refractivity contribution in [3.8, 4) is 0 Å². The molecule has 1 rings (SSSR count). The maximum atomic E-state index is 10.0. The summed E-state index contributed by atoms with van der Waals surface area (Å²) < 4.78 is 10.2. The molecule has 0 bridgehead atoms. The van der Waals surface area contributed by atoms with Crippen molar-refractivity contribution >= 4 is 5.97 Å². The summed E-state index contributed by atoms with van der Waals surface area (Å²) in [7, 11) is 0. The Morgan fingerprint density at radius 3 is 1.73 bits per heavy atom. The van der Waals surface area contributed by atoms with Gasteiger partial charge in [-0.3, -0.25) is 4.79 Å². The van der Waals surface area contributed by atoms with Gasteiger partial charge in [0.15, 0.2) is 5.79 Å². The average molecular weight is 218 g/mol. The molecule has 0 amide bonds. The van der Waals surface area contributed by atoms with E-state index in [-0.39, 0.29) is 17.6 Å². The van der Waals surface area contributed by atoms with Gasteiger partial charge in [0.05, 0.1) is 19.6 Å². The Bertz CT molecular complexity index is 195. The van der Waals surface area contributed by atoms with E-state index in [9.17, 15) is 4.79 Å². The van der Waals surface area contributed by atoms with Crippen LogP contribution < -0.4 is 0 Å². The highest BCUT2D eigenvalue weighted by Crippen LogP contribution is 2.17. The Balaban J connectivity index is 0.000000262. The average Bonchev–Trinajstić information content (AvgIpc) is 2.29. The molecule has 0 aromatic carbocycles. The fourth-order valence-electron chi connectivity index (χ4n) is 1.07. The van der Waals surface area contributed by atoms with Crippen LogP contribution >= 0.6 is 0 Å². The molecular weight excluding hydrogens is 196 g/mol. The molecule has 0 unspecified atom stereocenters. The van der Waals surface area contributed by atoms with Gasteiger partial charge in [-0.25, -0.2) is 0 Å². The van der Waals surface area contributed by atoms with Crippen molar-refractivity contribution in [2.75, 3.05) is 13.2 Å². The predicted molar refractivity (Wildman–Crippen MR) is 57.7 cm³/mol. The van der Waals surface area contributed by atoms with Crippen molar-refractivity contribution in [1.82, 2.24) is 0 Å². The van der Waals surface area contributed by atoms with Gasteiger partial charge in [-0.1, -0.05) is 20.8 Å². The van der Waals surface area contributed by atoms with Gasteiger partial charge in [-0.05, 0) is 19.3 Å². The van der Waals surface area contributed by atoms with Gasteiger partial charge >= 0.3 is 5.97 Å². The second-order valence-corrected chi connectivity index (χ2v) is 5.23. The molecule has 15 heavy (non-hydrogen) atoms. The second-order valence-electron chi connectivity index (χ2n) is 5.23. The molecule has 0 aromatic rings. The lowest BCUT2D eigenvalue weighted by Gasteiger charge is -2.13. The van der Waals surface area contributed by atoms with Crippen LogP contribution in [0.2, 0.25) is 0 Å². The monoisotopic (exact) mass is 218 g/mol. The summed E-state index contributed by atoms with van der Waals surface area (Å²) in [4.78, 5) is 10.0. The number of carboxylic acids is 1. The van der Waals surface area contributed by atoms with Crippen molar-refractivity contribution in [3.63, 3.8) is 0 Å². The summed E-state index contributed by atoms with van der Waals surface area (Å²) in [6.45, 7) is 11.0. The molecule has 0 spiro atoms. The summed E-state index contributed by atoms with van der Waals surface area (Å²) in [6, 6.07) is 0. The smallest absolute Gasteiger partial charge is 0.303 e. The van der Waals surface area contributed by atoms with Crippen LogP contribution in [-0.4, -0.2) is 30.1 Å². The van der Waals surface area contributed by atoms with E-state index in [4.69, 9.17) is 14.6 Å². The lowest BCUT2D eigenvalue weighted by atomic mass is 9.93. The fraction of sp³-hybridized carbons (Fsp3) is 0.909. The molecule has 1 heterocycles. The molecule has 1 aliphatic heterocycles. The van der Waals surface area contributed by atoms with Crippen molar-refractivity contribution < 1.29 is 19.4 Å². The van der Waals surface area contributed by atoms with Gasteiger partial charge in [-0.2, -0.15) is 0 Å². The first-order chi connectivity index (χ1) is 6.62. The third kappa shape index (κ3) is 9.69. The van der Waals surface area contributed by atoms with Crippen LogP contribution in [0.3, 0.4) is 0 Å². The van der Waals surface area contributed by atoms with Gasteiger partial charge < -0.3 is 14.6 Å². The molecular formula is C11H22O4. The number of aliphatic carboxylic acids is 1. The van der Waals surface area contributed by atoms with E-state index < -0.39 is 5.97 Å². The highest BCUT2D eigenvalue weighted by molar-refractivity contribution is 5.67. The van der Waals surface area contributed by atoms with Gasteiger partial charge in [0, 0.05) is 0 Å². The van der Waals surface area contributed by atoms with Crippen molar-refractivity contribution in [3.05, 3.63) is 0 Å². The zero-order valence-corrected chi connectivity index (χ0v) is 10.3. The fourth-order valence-corrected chi connectivity index (χ4v) is 1.07. The standard InChI is InChI=1S/C6H12O2.C5H10O2/c1-6(2,3)4-5(7)8;1-5(2)6-3-4-7-5/h4H2,1-3H3,(H,7,8);3-4H2,1-2H3. The lowest BCUT2D eigenvalue weighted by Crippen LogP contribution is -2.18. The zero-order chi connectivity index (χ0) is 12.1. The molecule has 0 aromatic heterocycles. The van der Waals surface area contributed by atoms with Gasteiger partial charge in [0.25, 0.3) is 0 Å². The molecule has 4 nitrogen and oxygen atoms in total. The zero-order valence-electron chi connectivity index (χ0n) is 10.3. The maximum absolute atomic E-state index is 10.0. The number of carboxylic acid groups (broad SMARTS) is 1. The van der Waals surface area contributed by atoms with E-state index in [1.807, 2.05) is 34.6 Å². The van der Waals surface area contributed by atoms with E-state index in [2.05, 4.69) is 0 Å². The van der Waals surface area contributed by atoms with Crippen LogP contribution in [0.25, 0.3) is 0 Å². The Labute approximate surface area is 91.6 Å². The molecule has 4 heteroatoms. The minimum absolute atomic E-state index is 0.0775. The van der Waals surface area contributed by atoms with Crippen LogP contribution in [0, 0.1) is 5.41 Å². The van der Waals surface area contributed by atoms with E-state index in [0.29, 0.717) is 0 Å². The first kappa shape index (κ1) is 14.4. The number of ether oxygens (including phenoxy) is 2. The molecule has 0 saturated carbocycles. The third-order valence-corrected chi connectivity index (χ3v) is 1.66. The first-order valence-electron chi connectivity index (χ1n) is 5.12. The van der Waals surface area contributed by atoms with Crippen molar-refractivity contribution in [2.24, 2.45) is 5.41 Å². The number of carbonyl (C=O) groups is 1. The Morgan fingerprint density at radius 1 is 1.27 bits per heavy atom. The van der Waals surface area contributed by atoms with Crippen LogP contribution in [0.15, 0.2) is 0 Å². The predicted octanol–water partition coefficient (Wildman–Crippen LogP) is 2.28. The Kier molecular flexibility index (Phi) is 5.24. The number of rotatable bonds is 1. The molecule has 1 saturated heterocycles. The highest BCUT2D eigenvalue weighted by Gasteiger charge is 2.23. The van der Waals surface area contributed by atoms with Crippen LogP contribution in [0.5, 0.6) is 0 Å². The minimum atomic E-state index is -0.725. The van der Waals surface area contributed by atoms with E-state index in [0.717, 1.165) is 13.2 Å². The van der Waals surface area contributed by atoms with Crippen LogP contribution in [0.1, 0.15) is 41.0 Å². The molecule has 90 valence electrons. The number of hydrogen-bond acceptors (Lipinski definition) is 3. The third-order valence-electron chi connectivity index (χ3n) is 1.66. The second kappa shape index (κ2) is 5.47. The number of hydrogen-bond donors (Lipinski definition) is 1. The van der Waals surface area contributed by atoms with Crippen molar-refractivity contribution in [1.29, 1.82) is 0 Å². The molecule has 0 radical (unpaired) electrons. The summed E-state index contributed by atoms with van der Waals surface area (Å²) in [5, 5.41) is 8.25. The largest absolute Gasteiger partial charge is 0.481 e. The molecule has 1 fully saturated rings. The molecule has 1 N–H and O–H groups in total. The summed E-state index contributed by atoms with van der Waals surface area (Å²) in [5.74, 6) is -1.03. The van der Waals surface area contributed by atoms with Crippen LogP contribution in [0.4, 0.5) is 0 Å². The maximum Gasteiger partial charge on any atom is 0.303 e. The molecule has 1 aliphatic rings. The Morgan fingerprint density at radius 2 is 1.67 bits per heavy atom. The van der Waals surface area contributed by atoms with Gasteiger partial charge in [0.2, 0.25) is 0 Å². The SMILES string of the molecule is CC(C)(C)CC(=O)O.CC1(C)OCCO1. The van der Waals surface area contributed by atoms with E-state index in [1.54, 1.807) is 0 Å². The minimum Gasteiger partial charge on any atom is -0.481 e. The van der Waals surface area contributed by atoms with E-state index >= 15 is 0 Å². The summed E-state index contributed by atoms with van der Waals surface area (Å²) >= 11 is 0. The van der Waals surface area contributed by atoms with Crippen LogP contribution in [-0.2, 0) is 14.3 Å². The van der Waals surface area contributed by atoms with Crippen molar-refractivity contribution in [2.45, 2.75) is 46.8 Å². The Hall–Kier alpha value is -0.610. The normalized spacial score (nSPS) is 19.3. The quantitative estimate of drug-likeness (QED) is 0.733.